The van der Waals surface area contributed by atoms with E-state index in [-0.39, 0.29) is 23.0 Å². The largest absolute Gasteiger partial charge is 0.492 e. The maximum Gasteiger partial charge on any atom is 0.287 e. The van der Waals surface area contributed by atoms with E-state index in [1.807, 2.05) is 36.4 Å². The van der Waals surface area contributed by atoms with Crippen molar-refractivity contribution in [2.45, 2.75) is 12.5 Å². The van der Waals surface area contributed by atoms with Crippen molar-refractivity contribution in [3.8, 4) is 11.5 Å². The minimum Gasteiger partial charge on any atom is -0.492 e. The van der Waals surface area contributed by atoms with E-state index >= 15 is 0 Å². The minimum absolute atomic E-state index is 0.0983. The van der Waals surface area contributed by atoms with Gasteiger partial charge in [0.15, 0.2) is 6.73 Å². The van der Waals surface area contributed by atoms with Crippen molar-refractivity contribution in [3.05, 3.63) is 58.1 Å². The number of amides is 2. The number of thioether (sulfide) groups is 1. The standard InChI is InChI=1S/C20H17BrN2O5S/c21-14-2-1-3-16-17(14)18(24)23(11-28-16)8-9-27-13-6-4-12(5-7-13)10-15-19(25)29-20(26)22-15/h1-7,15H,8-11H2,(H,22,26). The zero-order valence-electron chi connectivity index (χ0n) is 15.2. The molecule has 2 amide bonds. The second kappa shape index (κ2) is 8.46. The predicted octanol–water partition coefficient (Wildman–Crippen LogP) is 3.21. The molecule has 7 nitrogen and oxygen atoms in total. The van der Waals surface area contributed by atoms with Gasteiger partial charge in [0.25, 0.3) is 11.1 Å². The van der Waals surface area contributed by atoms with E-state index in [0.717, 1.165) is 5.56 Å². The number of nitrogens with one attached hydrogen (secondary N) is 1. The maximum atomic E-state index is 12.6. The molecule has 4 rings (SSSR count). The molecular formula is C20H17BrN2O5S. The lowest BCUT2D eigenvalue weighted by atomic mass is 10.1. The summed E-state index contributed by atoms with van der Waals surface area (Å²) >= 11 is 4.11. The molecule has 29 heavy (non-hydrogen) atoms. The third kappa shape index (κ3) is 4.40. The molecule has 150 valence electrons. The van der Waals surface area contributed by atoms with Gasteiger partial charge in [0.2, 0.25) is 5.12 Å². The van der Waals surface area contributed by atoms with Crippen molar-refractivity contribution in [1.82, 2.24) is 10.2 Å². The molecule has 0 aliphatic carbocycles. The first-order valence-electron chi connectivity index (χ1n) is 8.96. The summed E-state index contributed by atoms with van der Waals surface area (Å²) in [6.45, 7) is 0.896. The molecular weight excluding hydrogens is 460 g/mol. The Kier molecular flexibility index (Phi) is 5.77. The Bertz CT molecular complexity index is 966. The van der Waals surface area contributed by atoms with E-state index in [1.54, 1.807) is 11.0 Å². The molecule has 0 radical (unpaired) electrons. The number of carbonyl (C=O) groups excluding carboxylic acids is 3. The van der Waals surface area contributed by atoms with Gasteiger partial charge in [-0.05, 0) is 45.8 Å². The Morgan fingerprint density at radius 1 is 1.17 bits per heavy atom. The van der Waals surface area contributed by atoms with Crippen molar-refractivity contribution in [2.24, 2.45) is 0 Å². The molecule has 2 aliphatic heterocycles. The third-order valence-corrected chi connectivity index (χ3v) is 6.07. The van der Waals surface area contributed by atoms with Crippen LogP contribution in [0.1, 0.15) is 15.9 Å². The number of nitrogens with zero attached hydrogens (tertiary/aromatic N) is 1. The highest BCUT2D eigenvalue weighted by atomic mass is 79.9. The van der Waals surface area contributed by atoms with Gasteiger partial charge < -0.3 is 19.7 Å². The zero-order valence-corrected chi connectivity index (χ0v) is 17.6. The average Bonchev–Trinajstić information content (AvgIpc) is 3.02. The fraction of sp³-hybridized carbons (Fsp3) is 0.250. The fourth-order valence-electron chi connectivity index (χ4n) is 3.12. The van der Waals surface area contributed by atoms with E-state index in [9.17, 15) is 14.4 Å². The number of hydrogen-bond donors (Lipinski definition) is 1. The lowest BCUT2D eigenvalue weighted by Gasteiger charge is -2.29. The summed E-state index contributed by atoms with van der Waals surface area (Å²) < 4.78 is 12.1. The smallest absolute Gasteiger partial charge is 0.287 e. The van der Waals surface area contributed by atoms with Crippen LogP contribution in [0.5, 0.6) is 11.5 Å². The number of ether oxygens (including phenoxy) is 2. The predicted molar refractivity (Wildman–Crippen MR) is 111 cm³/mol. The van der Waals surface area contributed by atoms with Gasteiger partial charge in [-0.2, -0.15) is 0 Å². The number of halogens is 1. The second-order valence-electron chi connectivity index (χ2n) is 6.56. The Balaban J connectivity index is 1.29. The number of carbonyl (C=O) groups is 3. The highest BCUT2D eigenvalue weighted by Crippen LogP contribution is 2.31. The Labute approximate surface area is 179 Å². The molecule has 0 bridgehead atoms. The van der Waals surface area contributed by atoms with Gasteiger partial charge in [-0.1, -0.05) is 18.2 Å². The first-order valence-corrected chi connectivity index (χ1v) is 10.6. The molecule has 0 aromatic heterocycles. The van der Waals surface area contributed by atoms with Crippen LogP contribution in [0.25, 0.3) is 0 Å². The Morgan fingerprint density at radius 2 is 1.97 bits per heavy atom. The van der Waals surface area contributed by atoms with Gasteiger partial charge in [-0.15, -0.1) is 0 Å². The zero-order chi connectivity index (χ0) is 20.4. The molecule has 0 saturated carbocycles. The van der Waals surface area contributed by atoms with E-state index in [4.69, 9.17) is 9.47 Å². The fourth-order valence-corrected chi connectivity index (χ4v) is 4.31. The van der Waals surface area contributed by atoms with Gasteiger partial charge in [0, 0.05) is 22.7 Å². The number of fused-ring (bicyclic) bond motifs is 1. The van der Waals surface area contributed by atoms with Gasteiger partial charge in [0.1, 0.15) is 24.1 Å². The normalized spacial score (nSPS) is 18.3. The van der Waals surface area contributed by atoms with Gasteiger partial charge in [-0.25, -0.2) is 0 Å². The van der Waals surface area contributed by atoms with Gasteiger partial charge in [-0.3, -0.25) is 14.4 Å². The molecule has 1 atom stereocenters. The summed E-state index contributed by atoms with van der Waals surface area (Å²) in [4.78, 5) is 37.2. The highest BCUT2D eigenvalue weighted by Gasteiger charge is 2.31. The molecule has 1 saturated heterocycles. The number of hydrogen-bond acceptors (Lipinski definition) is 6. The molecule has 1 fully saturated rings. The van der Waals surface area contributed by atoms with E-state index in [2.05, 4.69) is 21.2 Å². The van der Waals surface area contributed by atoms with Crippen LogP contribution in [-0.2, 0) is 11.2 Å². The van der Waals surface area contributed by atoms with Crippen LogP contribution in [-0.4, -0.2) is 47.1 Å². The molecule has 0 spiro atoms. The molecule has 2 aliphatic rings. The average molecular weight is 477 g/mol. The molecule has 2 aromatic carbocycles. The van der Waals surface area contributed by atoms with Crippen LogP contribution >= 0.6 is 27.7 Å². The molecule has 1 N–H and O–H groups in total. The van der Waals surface area contributed by atoms with Crippen LogP contribution in [0.4, 0.5) is 4.79 Å². The van der Waals surface area contributed by atoms with Crippen LogP contribution in [0.15, 0.2) is 46.9 Å². The summed E-state index contributed by atoms with van der Waals surface area (Å²) in [6.07, 6.45) is 0.450. The lowest BCUT2D eigenvalue weighted by Crippen LogP contribution is -2.41. The first-order chi connectivity index (χ1) is 14.0. The van der Waals surface area contributed by atoms with Crippen molar-refractivity contribution < 1.29 is 23.9 Å². The first kappa shape index (κ1) is 19.8. The SMILES string of the molecule is O=C1NC(Cc2ccc(OCCN3COc4cccc(Br)c4C3=O)cc2)C(=O)S1. The minimum atomic E-state index is -0.480. The van der Waals surface area contributed by atoms with E-state index < -0.39 is 6.04 Å². The molecule has 2 aromatic rings. The second-order valence-corrected chi connectivity index (χ2v) is 8.39. The van der Waals surface area contributed by atoms with Gasteiger partial charge >= 0.3 is 0 Å². The summed E-state index contributed by atoms with van der Waals surface area (Å²) in [6, 6.07) is 12.3. The van der Waals surface area contributed by atoms with Crippen molar-refractivity contribution in [1.29, 1.82) is 0 Å². The number of rotatable bonds is 6. The van der Waals surface area contributed by atoms with Crippen LogP contribution in [0.2, 0.25) is 0 Å². The van der Waals surface area contributed by atoms with Crippen molar-refractivity contribution in [3.63, 3.8) is 0 Å². The van der Waals surface area contributed by atoms with E-state index in [0.29, 0.717) is 52.9 Å². The van der Waals surface area contributed by atoms with Gasteiger partial charge in [0.05, 0.1) is 12.1 Å². The number of benzene rings is 2. The Hall–Kier alpha value is -2.52. The summed E-state index contributed by atoms with van der Waals surface area (Å²) in [5.74, 6) is 1.14. The molecule has 1 unspecified atom stereocenters. The third-order valence-electron chi connectivity index (χ3n) is 4.62. The lowest BCUT2D eigenvalue weighted by molar-refractivity contribution is -0.112. The highest BCUT2D eigenvalue weighted by molar-refractivity contribution is 9.10. The Morgan fingerprint density at radius 3 is 2.69 bits per heavy atom. The van der Waals surface area contributed by atoms with Crippen LogP contribution < -0.4 is 14.8 Å². The van der Waals surface area contributed by atoms with E-state index in [1.165, 1.54) is 0 Å². The quantitative estimate of drug-likeness (QED) is 0.688. The van der Waals surface area contributed by atoms with Crippen LogP contribution in [0, 0.1) is 0 Å². The topological polar surface area (TPSA) is 84.9 Å². The monoisotopic (exact) mass is 476 g/mol. The summed E-state index contributed by atoms with van der Waals surface area (Å²) in [5.41, 5.74) is 1.45. The molecule has 9 heteroatoms. The van der Waals surface area contributed by atoms with Crippen molar-refractivity contribution in [2.75, 3.05) is 19.9 Å². The molecule has 2 heterocycles. The summed E-state index contributed by atoms with van der Waals surface area (Å²) in [7, 11) is 0. The summed E-state index contributed by atoms with van der Waals surface area (Å²) in [5, 5.41) is 2.19. The van der Waals surface area contributed by atoms with Crippen LogP contribution in [0.3, 0.4) is 0 Å². The maximum absolute atomic E-state index is 12.6. The van der Waals surface area contributed by atoms with Crippen molar-refractivity contribution >= 4 is 44.0 Å².